The Kier molecular flexibility index (Phi) is 4.45. The molecule has 0 bridgehead atoms. The fraction of sp³-hybridized carbons (Fsp3) is 0.667. The molecular weight excluding hydrogens is 244 g/mol. The molecule has 2 rings (SSSR count). The molecule has 1 saturated carbocycles. The van der Waals surface area contributed by atoms with Crippen LogP contribution in [0.25, 0.3) is 0 Å². The number of furan rings is 1. The van der Waals surface area contributed by atoms with Crippen LogP contribution in [0.15, 0.2) is 16.5 Å². The van der Waals surface area contributed by atoms with E-state index in [9.17, 15) is 8.78 Å². The van der Waals surface area contributed by atoms with Crippen molar-refractivity contribution in [3.8, 4) is 0 Å². The van der Waals surface area contributed by atoms with Gasteiger partial charge in [-0.05, 0) is 36.9 Å². The lowest BCUT2D eigenvalue weighted by Gasteiger charge is -2.01. The Morgan fingerprint density at radius 3 is 2.82 bits per heavy atom. The van der Waals surface area contributed by atoms with E-state index in [2.05, 4.69) is 12.2 Å². The third kappa shape index (κ3) is 4.32. The molecule has 17 heavy (non-hydrogen) atoms. The van der Waals surface area contributed by atoms with Crippen molar-refractivity contribution in [3.05, 3.63) is 23.7 Å². The van der Waals surface area contributed by atoms with E-state index in [0.717, 1.165) is 24.1 Å². The van der Waals surface area contributed by atoms with Crippen molar-refractivity contribution in [1.82, 2.24) is 5.32 Å². The molecule has 1 aromatic heterocycles. The minimum absolute atomic E-state index is 0.233. The predicted molar refractivity (Wildman–Crippen MR) is 65.0 cm³/mol. The van der Waals surface area contributed by atoms with E-state index in [1.54, 1.807) is 6.07 Å². The summed E-state index contributed by atoms with van der Waals surface area (Å²) in [6.07, 6.45) is 1.31. The molecule has 2 nitrogen and oxygen atoms in total. The first-order valence-corrected chi connectivity index (χ1v) is 6.88. The van der Waals surface area contributed by atoms with E-state index in [1.807, 2.05) is 6.07 Å². The van der Waals surface area contributed by atoms with Gasteiger partial charge in [-0.1, -0.05) is 18.7 Å². The topological polar surface area (TPSA) is 25.2 Å². The highest BCUT2D eigenvalue weighted by Crippen LogP contribution is 2.36. The molecule has 0 saturated heterocycles. The molecule has 0 aliphatic heterocycles. The molecule has 1 aromatic rings. The molecule has 0 spiro atoms. The maximum absolute atomic E-state index is 12.0. The molecule has 0 amide bonds. The number of halogens is 2. The first kappa shape index (κ1) is 12.9. The zero-order chi connectivity index (χ0) is 12.3. The SMILES string of the molecule is CC1CC1CNCc1ccc(CSC(F)F)o1. The van der Waals surface area contributed by atoms with Gasteiger partial charge in [-0.2, -0.15) is 8.78 Å². The van der Waals surface area contributed by atoms with Crippen molar-refractivity contribution in [3.63, 3.8) is 0 Å². The summed E-state index contributed by atoms with van der Waals surface area (Å²) in [5.41, 5.74) is 0. The predicted octanol–water partition coefficient (Wildman–Crippen LogP) is 3.48. The van der Waals surface area contributed by atoms with Crippen LogP contribution in [-0.2, 0) is 12.3 Å². The van der Waals surface area contributed by atoms with Crippen LogP contribution in [0.3, 0.4) is 0 Å². The van der Waals surface area contributed by atoms with Crippen molar-refractivity contribution < 1.29 is 13.2 Å². The van der Waals surface area contributed by atoms with Gasteiger partial charge in [0.25, 0.3) is 5.76 Å². The first-order valence-electron chi connectivity index (χ1n) is 5.83. The van der Waals surface area contributed by atoms with Gasteiger partial charge in [0.15, 0.2) is 0 Å². The van der Waals surface area contributed by atoms with Crippen molar-refractivity contribution in [2.75, 3.05) is 6.54 Å². The molecule has 1 fully saturated rings. The molecular formula is C12H17F2NOS. The lowest BCUT2D eigenvalue weighted by Crippen LogP contribution is -2.16. The fourth-order valence-corrected chi connectivity index (χ4v) is 2.25. The highest BCUT2D eigenvalue weighted by molar-refractivity contribution is 7.98. The summed E-state index contributed by atoms with van der Waals surface area (Å²) in [5.74, 6) is 0.987. The Morgan fingerprint density at radius 1 is 1.47 bits per heavy atom. The zero-order valence-corrected chi connectivity index (χ0v) is 10.6. The summed E-state index contributed by atoms with van der Waals surface area (Å²) in [5, 5.41) is 3.32. The summed E-state index contributed by atoms with van der Waals surface area (Å²) in [6, 6.07) is 3.62. The van der Waals surface area contributed by atoms with E-state index in [4.69, 9.17) is 4.42 Å². The fourth-order valence-electron chi connectivity index (χ4n) is 1.80. The Bertz CT molecular complexity index is 356. The van der Waals surface area contributed by atoms with Gasteiger partial charge in [0, 0.05) is 0 Å². The molecule has 0 radical (unpaired) electrons. The number of alkyl halides is 2. The van der Waals surface area contributed by atoms with Crippen molar-refractivity contribution in [2.45, 2.75) is 31.4 Å². The maximum Gasteiger partial charge on any atom is 0.284 e. The molecule has 1 N–H and O–H groups in total. The lowest BCUT2D eigenvalue weighted by atomic mass is 10.3. The van der Waals surface area contributed by atoms with Crippen LogP contribution in [-0.4, -0.2) is 12.3 Å². The summed E-state index contributed by atoms with van der Waals surface area (Å²) in [4.78, 5) is 0. The Hall–Kier alpha value is -0.550. The van der Waals surface area contributed by atoms with Gasteiger partial charge in [-0.15, -0.1) is 0 Å². The third-order valence-corrected chi connectivity index (χ3v) is 3.75. The number of hydrogen-bond donors (Lipinski definition) is 1. The quantitative estimate of drug-likeness (QED) is 0.813. The monoisotopic (exact) mass is 261 g/mol. The van der Waals surface area contributed by atoms with Crippen molar-refractivity contribution in [1.29, 1.82) is 0 Å². The molecule has 1 aliphatic carbocycles. The number of rotatable bonds is 7. The maximum atomic E-state index is 12.0. The van der Waals surface area contributed by atoms with Gasteiger partial charge >= 0.3 is 0 Å². The Morgan fingerprint density at radius 2 is 2.18 bits per heavy atom. The largest absolute Gasteiger partial charge is 0.464 e. The number of nitrogens with one attached hydrogen (secondary N) is 1. The average molecular weight is 261 g/mol. The van der Waals surface area contributed by atoms with Gasteiger partial charge in [0.05, 0.1) is 12.3 Å². The second-order valence-corrected chi connectivity index (χ2v) is 5.52. The van der Waals surface area contributed by atoms with Crippen LogP contribution in [0.4, 0.5) is 8.78 Å². The van der Waals surface area contributed by atoms with Gasteiger partial charge in [0.1, 0.15) is 11.5 Å². The van der Waals surface area contributed by atoms with Crippen LogP contribution in [0, 0.1) is 11.8 Å². The van der Waals surface area contributed by atoms with E-state index in [0.29, 0.717) is 24.1 Å². The zero-order valence-electron chi connectivity index (χ0n) is 9.79. The first-order chi connectivity index (χ1) is 8.15. The van der Waals surface area contributed by atoms with Crippen LogP contribution in [0.2, 0.25) is 0 Å². The van der Waals surface area contributed by atoms with Crippen LogP contribution < -0.4 is 5.32 Å². The lowest BCUT2D eigenvalue weighted by molar-refractivity contribution is 0.251. The van der Waals surface area contributed by atoms with Crippen molar-refractivity contribution >= 4 is 11.8 Å². The molecule has 1 heterocycles. The highest BCUT2D eigenvalue weighted by Gasteiger charge is 2.31. The van der Waals surface area contributed by atoms with Crippen LogP contribution >= 0.6 is 11.8 Å². The van der Waals surface area contributed by atoms with Crippen LogP contribution in [0.1, 0.15) is 24.9 Å². The minimum Gasteiger partial charge on any atom is -0.464 e. The third-order valence-electron chi connectivity index (χ3n) is 3.05. The second kappa shape index (κ2) is 5.87. The van der Waals surface area contributed by atoms with Gasteiger partial charge in [-0.25, -0.2) is 0 Å². The average Bonchev–Trinajstić information content (AvgIpc) is 2.79. The standard InChI is InChI=1S/C12H17F2NOS/c1-8-4-9(8)5-15-6-10-2-3-11(16-10)7-17-12(13)14/h2-3,8-9,12,15H,4-7H2,1H3. The Labute approximate surface area is 104 Å². The minimum atomic E-state index is -2.34. The van der Waals surface area contributed by atoms with E-state index in [-0.39, 0.29) is 5.75 Å². The summed E-state index contributed by atoms with van der Waals surface area (Å²) < 4.78 is 29.4. The molecule has 0 aromatic carbocycles. The number of hydrogen-bond acceptors (Lipinski definition) is 3. The van der Waals surface area contributed by atoms with Crippen LogP contribution in [0.5, 0.6) is 0 Å². The van der Waals surface area contributed by atoms with Gasteiger partial charge in [0.2, 0.25) is 0 Å². The molecule has 96 valence electrons. The van der Waals surface area contributed by atoms with E-state index < -0.39 is 5.76 Å². The summed E-state index contributed by atoms with van der Waals surface area (Å²) in [7, 11) is 0. The van der Waals surface area contributed by atoms with Gasteiger partial charge < -0.3 is 9.73 Å². The normalized spacial score (nSPS) is 23.3. The second-order valence-electron chi connectivity index (χ2n) is 4.54. The smallest absolute Gasteiger partial charge is 0.284 e. The van der Waals surface area contributed by atoms with E-state index >= 15 is 0 Å². The molecule has 5 heteroatoms. The summed E-state index contributed by atoms with van der Waals surface area (Å²) >= 11 is 0.589. The van der Waals surface area contributed by atoms with E-state index in [1.165, 1.54) is 6.42 Å². The highest BCUT2D eigenvalue weighted by atomic mass is 32.2. The van der Waals surface area contributed by atoms with Crippen molar-refractivity contribution in [2.24, 2.45) is 11.8 Å². The molecule has 2 unspecified atom stereocenters. The molecule has 2 atom stereocenters. The molecule has 1 aliphatic rings. The number of thioether (sulfide) groups is 1. The van der Waals surface area contributed by atoms with Gasteiger partial charge in [-0.3, -0.25) is 0 Å². The summed E-state index contributed by atoms with van der Waals surface area (Å²) in [6.45, 7) is 3.95. The Balaban J connectivity index is 1.66.